The summed E-state index contributed by atoms with van der Waals surface area (Å²) in [6.07, 6.45) is 3.32. The van der Waals surface area contributed by atoms with Gasteiger partial charge in [-0.1, -0.05) is 11.6 Å². The van der Waals surface area contributed by atoms with Gasteiger partial charge in [-0.25, -0.2) is 4.98 Å². The van der Waals surface area contributed by atoms with E-state index < -0.39 is 0 Å². The number of imidazole rings is 1. The fourth-order valence-corrected chi connectivity index (χ4v) is 2.39. The second-order valence-electron chi connectivity index (χ2n) is 5.67. The number of carboxylic acid groups (broad SMARTS) is 2. The number of benzene rings is 1. The summed E-state index contributed by atoms with van der Waals surface area (Å²) in [6.45, 7) is 1.34. The number of nitrogens with zero attached hydrogens (tertiary/aromatic N) is 3. The number of amides is 1. The van der Waals surface area contributed by atoms with E-state index in [0.29, 0.717) is 29.4 Å². The minimum atomic E-state index is -0.250. The van der Waals surface area contributed by atoms with E-state index in [0.717, 1.165) is 12.2 Å². The molecule has 1 heterocycles. The molecule has 1 amide bonds. The number of likely N-dealkylation sites (N-methyl/N-ethyl adjacent to an activating group) is 1. The number of carbonyl (C=O) groups excluding carboxylic acids is 1. The molecule has 0 spiro atoms. The zero-order valence-electron chi connectivity index (χ0n) is 16.4. The summed E-state index contributed by atoms with van der Waals surface area (Å²) in [5, 5.41) is 14.2. The quantitative estimate of drug-likeness (QED) is 0.566. The highest BCUT2D eigenvalue weighted by molar-refractivity contribution is 6.32. The highest BCUT2D eigenvalue weighted by Crippen LogP contribution is 2.25. The third-order valence-corrected chi connectivity index (χ3v) is 3.71. The van der Waals surface area contributed by atoms with Crippen LogP contribution in [0.15, 0.2) is 30.7 Å². The van der Waals surface area contributed by atoms with Crippen LogP contribution in [-0.2, 0) is 16.1 Å². The second-order valence-corrected chi connectivity index (χ2v) is 6.07. The van der Waals surface area contributed by atoms with Crippen molar-refractivity contribution in [3.63, 3.8) is 0 Å². The van der Waals surface area contributed by atoms with Crippen molar-refractivity contribution in [2.45, 2.75) is 6.54 Å². The molecule has 11 heteroatoms. The number of halogens is 1. The smallest absolute Gasteiger partial charge is 0.290 e. The predicted octanol–water partition coefficient (Wildman–Crippen LogP) is 1.68. The molecule has 0 bridgehead atoms. The number of ether oxygens (including phenoxy) is 1. The van der Waals surface area contributed by atoms with Crippen LogP contribution in [0, 0.1) is 0 Å². The van der Waals surface area contributed by atoms with Gasteiger partial charge >= 0.3 is 0 Å². The van der Waals surface area contributed by atoms with Gasteiger partial charge in [-0.05, 0) is 32.3 Å². The van der Waals surface area contributed by atoms with Crippen molar-refractivity contribution in [3.05, 3.63) is 47.0 Å². The van der Waals surface area contributed by atoms with E-state index >= 15 is 0 Å². The lowest BCUT2D eigenvalue weighted by molar-refractivity contribution is -0.123. The highest BCUT2D eigenvalue weighted by atomic mass is 35.5. The SMILES string of the molecule is COc1ccc(C(=O)N(CCN(C)C)Cc2cnc[nH]2)cc1Cl.O=CO.O=CO. The number of aromatic nitrogens is 2. The van der Waals surface area contributed by atoms with Crippen molar-refractivity contribution in [2.24, 2.45) is 0 Å². The predicted molar refractivity (Wildman–Crippen MR) is 107 cm³/mol. The van der Waals surface area contributed by atoms with Crippen LogP contribution < -0.4 is 4.74 Å². The van der Waals surface area contributed by atoms with E-state index in [1.54, 1.807) is 42.7 Å². The molecule has 1 aromatic carbocycles. The minimum absolute atomic E-state index is 0.0778. The number of aromatic amines is 1. The maximum Gasteiger partial charge on any atom is 0.290 e. The van der Waals surface area contributed by atoms with Gasteiger partial charge in [-0.15, -0.1) is 0 Å². The Balaban J connectivity index is 0.00000116. The Kier molecular flexibility index (Phi) is 13.3. The molecule has 0 aliphatic rings. The van der Waals surface area contributed by atoms with Crippen molar-refractivity contribution in [2.75, 3.05) is 34.3 Å². The number of nitrogens with one attached hydrogen (secondary N) is 1. The maximum absolute atomic E-state index is 12.8. The average Bonchev–Trinajstić information content (AvgIpc) is 3.19. The summed E-state index contributed by atoms with van der Waals surface area (Å²) >= 11 is 6.13. The molecular formula is C18H25ClN4O6. The maximum atomic E-state index is 12.8. The molecular weight excluding hydrogens is 404 g/mol. The number of rotatable bonds is 7. The fraction of sp³-hybridized carbons (Fsp3) is 0.333. The largest absolute Gasteiger partial charge is 0.495 e. The van der Waals surface area contributed by atoms with Crippen LogP contribution in [0.1, 0.15) is 16.1 Å². The summed E-state index contributed by atoms with van der Waals surface area (Å²) in [7, 11) is 5.50. The highest BCUT2D eigenvalue weighted by Gasteiger charge is 2.18. The van der Waals surface area contributed by atoms with Gasteiger partial charge in [0.15, 0.2) is 0 Å². The summed E-state index contributed by atoms with van der Waals surface area (Å²) in [4.78, 5) is 40.4. The molecule has 29 heavy (non-hydrogen) atoms. The van der Waals surface area contributed by atoms with E-state index in [2.05, 4.69) is 9.97 Å². The molecule has 160 valence electrons. The van der Waals surface area contributed by atoms with Gasteiger partial charge in [0.05, 0.1) is 30.7 Å². The van der Waals surface area contributed by atoms with Crippen molar-refractivity contribution >= 4 is 30.5 Å². The Hall–Kier alpha value is -3.11. The minimum Gasteiger partial charge on any atom is -0.495 e. The number of hydrogen-bond acceptors (Lipinski definition) is 6. The molecule has 0 atom stereocenters. The van der Waals surface area contributed by atoms with Crippen molar-refractivity contribution in [3.8, 4) is 5.75 Å². The first-order valence-corrected chi connectivity index (χ1v) is 8.62. The number of carbonyl (C=O) groups is 3. The normalized spacial score (nSPS) is 9.41. The molecule has 0 aliphatic heterocycles. The molecule has 0 radical (unpaired) electrons. The Morgan fingerprint density at radius 1 is 1.24 bits per heavy atom. The van der Waals surface area contributed by atoms with Gasteiger partial charge in [0, 0.05) is 24.8 Å². The lowest BCUT2D eigenvalue weighted by Crippen LogP contribution is -2.36. The molecule has 0 saturated carbocycles. The Bertz CT molecular complexity index is 734. The standard InChI is InChI=1S/C16H21ClN4O2.2CH2O2/c1-20(2)6-7-21(10-13-9-18-11-19-13)16(22)12-4-5-15(23-3)14(17)8-12;2*2-1-3/h4-5,8-9,11H,6-7,10H2,1-3H3,(H,18,19);2*1H,(H,2,3). The van der Waals surface area contributed by atoms with E-state index in [1.807, 2.05) is 19.0 Å². The Morgan fingerprint density at radius 2 is 1.86 bits per heavy atom. The van der Waals surface area contributed by atoms with Crippen molar-refractivity contribution in [1.29, 1.82) is 0 Å². The molecule has 0 unspecified atom stereocenters. The number of hydrogen-bond donors (Lipinski definition) is 3. The third-order valence-electron chi connectivity index (χ3n) is 3.42. The van der Waals surface area contributed by atoms with Crippen LogP contribution in [0.2, 0.25) is 5.02 Å². The van der Waals surface area contributed by atoms with Crippen molar-refractivity contribution in [1.82, 2.24) is 19.8 Å². The van der Waals surface area contributed by atoms with E-state index in [9.17, 15) is 4.79 Å². The summed E-state index contributed by atoms with van der Waals surface area (Å²) in [5.74, 6) is 0.475. The van der Waals surface area contributed by atoms with Gasteiger partial charge in [-0.3, -0.25) is 14.4 Å². The van der Waals surface area contributed by atoms with Gasteiger partial charge in [-0.2, -0.15) is 0 Å². The first kappa shape index (κ1) is 25.9. The molecule has 0 saturated heterocycles. The zero-order chi connectivity index (χ0) is 22.2. The molecule has 0 fully saturated rings. The average molecular weight is 429 g/mol. The lowest BCUT2D eigenvalue weighted by Gasteiger charge is -2.24. The lowest BCUT2D eigenvalue weighted by atomic mass is 10.2. The van der Waals surface area contributed by atoms with Crippen LogP contribution in [0.4, 0.5) is 0 Å². The number of H-pyrrole nitrogens is 1. The molecule has 2 aromatic rings. The first-order valence-electron chi connectivity index (χ1n) is 8.25. The first-order chi connectivity index (χ1) is 13.8. The van der Waals surface area contributed by atoms with Crippen LogP contribution in [-0.4, -0.2) is 83.1 Å². The molecule has 10 nitrogen and oxygen atoms in total. The van der Waals surface area contributed by atoms with Crippen LogP contribution in [0.5, 0.6) is 5.75 Å². The monoisotopic (exact) mass is 428 g/mol. The second kappa shape index (κ2) is 14.9. The van der Waals surface area contributed by atoms with Gasteiger partial charge in [0.2, 0.25) is 0 Å². The van der Waals surface area contributed by atoms with Gasteiger partial charge < -0.3 is 29.7 Å². The van der Waals surface area contributed by atoms with Crippen LogP contribution >= 0.6 is 11.6 Å². The third kappa shape index (κ3) is 10.1. The molecule has 1 aromatic heterocycles. The molecule has 3 N–H and O–H groups in total. The number of methoxy groups -OCH3 is 1. The summed E-state index contributed by atoms with van der Waals surface area (Å²) < 4.78 is 5.13. The van der Waals surface area contributed by atoms with E-state index in [-0.39, 0.29) is 18.9 Å². The summed E-state index contributed by atoms with van der Waals surface area (Å²) in [5.41, 5.74) is 1.42. The molecule has 2 rings (SSSR count). The van der Waals surface area contributed by atoms with Gasteiger partial charge in [0.1, 0.15) is 5.75 Å². The van der Waals surface area contributed by atoms with E-state index in [4.69, 9.17) is 36.1 Å². The summed E-state index contributed by atoms with van der Waals surface area (Å²) in [6, 6.07) is 5.07. The Labute approximate surface area is 173 Å². The van der Waals surface area contributed by atoms with Crippen molar-refractivity contribution < 1.29 is 29.3 Å². The topological polar surface area (TPSA) is 136 Å². The van der Waals surface area contributed by atoms with Crippen LogP contribution in [0.25, 0.3) is 0 Å². The van der Waals surface area contributed by atoms with Gasteiger partial charge in [0.25, 0.3) is 18.9 Å². The zero-order valence-corrected chi connectivity index (χ0v) is 17.2. The Morgan fingerprint density at radius 3 is 2.31 bits per heavy atom. The fourth-order valence-electron chi connectivity index (χ4n) is 2.13. The van der Waals surface area contributed by atoms with E-state index in [1.165, 1.54) is 0 Å². The van der Waals surface area contributed by atoms with Crippen LogP contribution in [0.3, 0.4) is 0 Å². The molecule has 0 aliphatic carbocycles.